The summed E-state index contributed by atoms with van der Waals surface area (Å²) in [6, 6.07) is 12.2. The largest absolute Gasteiger partial charge is 0.416 e. The summed E-state index contributed by atoms with van der Waals surface area (Å²) in [6.07, 6.45) is -4.00. The Bertz CT molecular complexity index is 813. The Labute approximate surface area is 142 Å². The fraction of sp³-hybridized carbons (Fsp3) is 0.222. The molecule has 3 rings (SSSR count). The van der Waals surface area contributed by atoms with Gasteiger partial charge in [-0.3, -0.25) is 4.79 Å². The second-order valence-electron chi connectivity index (χ2n) is 5.92. The number of alkyl halides is 3. The van der Waals surface area contributed by atoms with Crippen LogP contribution in [0.1, 0.15) is 24.5 Å². The molecule has 1 atom stereocenters. The number of hydrogen-bond donors (Lipinski definition) is 2. The summed E-state index contributed by atoms with van der Waals surface area (Å²) >= 11 is 0. The van der Waals surface area contributed by atoms with Crippen molar-refractivity contribution in [2.45, 2.75) is 19.5 Å². The minimum Gasteiger partial charge on any atom is -0.356 e. The Kier molecular flexibility index (Phi) is 4.48. The molecule has 0 aromatic heterocycles. The van der Waals surface area contributed by atoms with Crippen LogP contribution in [0, 0.1) is 5.92 Å². The van der Waals surface area contributed by atoms with Crippen LogP contribution in [0.5, 0.6) is 0 Å². The SMILES string of the molecule is CC1CC(=O)NN=C1c1ccc(Nc2cccc(C(F)(F)F)c2)cc1. The van der Waals surface area contributed by atoms with Gasteiger partial charge in [0.2, 0.25) is 5.91 Å². The quantitative estimate of drug-likeness (QED) is 0.869. The van der Waals surface area contributed by atoms with Gasteiger partial charge >= 0.3 is 6.18 Å². The molecule has 130 valence electrons. The maximum atomic E-state index is 12.8. The normalized spacial score (nSPS) is 17.7. The number of halogens is 3. The van der Waals surface area contributed by atoms with Crippen molar-refractivity contribution in [3.63, 3.8) is 0 Å². The first-order chi connectivity index (χ1) is 11.8. The molecule has 1 heterocycles. The van der Waals surface area contributed by atoms with Crippen LogP contribution in [-0.2, 0) is 11.0 Å². The fourth-order valence-corrected chi connectivity index (χ4v) is 2.67. The first-order valence-electron chi connectivity index (χ1n) is 7.74. The molecule has 0 fully saturated rings. The lowest BCUT2D eigenvalue weighted by Crippen LogP contribution is -2.31. The van der Waals surface area contributed by atoms with Gasteiger partial charge in [-0.15, -0.1) is 0 Å². The number of carbonyl (C=O) groups is 1. The number of amides is 1. The van der Waals surface area contributed by atoms with Crippen molar-refractivity contribution in [2.24, 2.45) is 11.0 Å². The van der Waals surface area contributed by atoms with Crippen LogP contribution in [0.15, 0.2) is 53.6 Å². The second-order valence-corrected chi connectivity index (χ2v) is 5.92. The van der Waals surface area contributed by atoms with Gasteiger partial charge in [-0.1, -0.05) is 25.1 Å². The van der Waals surface area contributed by atoms with Gasteiger partial charge in [0.15, 0.2) is 0 Å². The predicted octanol–water partition coefficient (Wildman–Crippen LogP) is 4.31. The molecule has 2 N–H and O–H groups in total. The Balaban J connectivity index is 1.77. The van der Waals surface area contributed by atoms with Gasteiger partial charge in [-0.25, -0.2) is 5.43 Å². The van der Waals surface area contributed by atoms with Crippen LogP contribution >= 0.6 is 0 Å². The van der Waals surface area contributed by atoms with Gasteiger partial charge in [-0.2, -0.15) is 18.3 Å². The highest BCUT2D eigenvalue weighted by Gasteiger charge is 2.30. The molecular weight excluding hydrogens is 331 g/mol. The van der Waals surface area contributed by atoms with Gasteiger partial charge in [0, 0.05) is 23.7 Å². The molecular formula is C18H16F3N3O. The van der Waals surface area contributed by atoms with Crippen molar-refractivity contribution >= 4 is 23.0 Å². The van der Waals surface area contributed by atoms with Crippen molar-refractivity contribution < 1.29 is 18.0 Å². The number of carbonyl (C=O) groups excluding carboxylic acids is 1. The third kappa shape index (κ3) is 3.99. The number of anilines is 2. The van der Waals surface area contributed by atoms with Gasteiger partial charge in [0.05, 0.1) is 11.3 Å². The molecule has 0 radical (unpaired) electrons. The van der Waals surface area contributed by atoms with Gasteiger partial charge < -0.3 is 5.32 Å². The smallest absolute Gasteiger partial charge is 0.356 e. The van der Waals surface area contributed by atoms with E-state index in [0.29, 0.717) is 17.8 Å². The zero-order chi connectivity index (χ0) is 18.0. The molecule has 0 saturated heterocycles. The summed E-state index contributed by atoms with van der Waals surface area (Å²) in [7, 11) is 0. The molecule has 1 aliphatic rings. The van der Waals surface area contributed by atoms with Crippen LogP contribution < -0.4 is 10.7 Å². The molecule has 4 nitrogen and oxygen atoms in total. The van der Waals surface area contributed by atoms with E-state index in [9.17, 15) is 18.0 Å². The average Bonchev–Trinajstić information content (AvgIpc) is 2.55. The van der Waals surface area contributed by atoms with Crippen LogP contribution in [0.2, 0.25) is 0 Å². The summed E-state index contributed by atoms with van der Waals surface area (Å²) in [5, 5.41) is 7.04. The standard InChI is InChI=1S/C18H16F3N3O/c1-11-9-16(25)23-24-17(11)12-5-7-14(8-6-12)22-15-4-2-3-13(10-15)18(19,20)21/h2-8,10-11,22H,9H2,1H3,(H,23,25). The predicted molar refractivity (Wildman–Crippen MR) is 89.6 cm³/mol. The van der Waals surface area contributed by atoms with Crippen LogP contribution in [0.25, 0.3) is 0 Å². The van der Waals surface area contributed by atoms with E-state index in [-0.39, 0.29) is 11.8 Å². The van der Waals surface area contributed by atoms with Crippen molar-refractivity contribution in [2.75, 3.05) is 5.32 Å². The maximum Gasteiger partial charge on any atom is 0.416 e. The average molecular weight is 347 g/mol. The number of rotatable bonds is 3. The van der Waals surface area contributed by atoms with Crippen molar-refractivity contribution in [1.29, 1.82) is 0 Å². The summed E-state index contributed by atoms with van der Waals surface area (Å²) in [5.41, 5.74) is 4.43. The Morgan fingerprint density at radius 3 is 2.48 bits per heavy atom. The first-order valence-corrected chi connectivity index (χ1v) is 7.74. The van der Waals surface area contributed by atoms with E-state index in [0.717, 1.165) is 23.4 Å². The fourth-order valence-electron chi connectivity index (χ4n) is 2.67. The molecule has 0 saturated carbocycles. The highest BCUT2D eigenvalue weighted by molar-refractivity contribution is 6.05. The zero-order valence-corrected chi connectivity index (χ0v) is 13.4. The number of hydrazone groups is 1. The third-order valence-electron chi connectivity index (χ3n) is 3.92. The summed E-state index contributed by atoms with van der Waals surface area (Å²) in [5.74, 6) is -0.102. The molecule has 2 aromatic carbocycles. The Morgan fingerprint density at radius 1 is 1.12 bits per heavy atom. The highest BCUT2D eigenvalue weighted by atomic mass is 19.4. The summed E-state index contributed by atoms with van der Waals surface area (Å²) in [6.45, 7) is 1.92. The van der Waals surface area contributed by atoms with E-state index in [2.05, 4.69) is 15.8 Å². The van der Waals surface area contributed by atoms with Gasteiger partial charge in [0.25, 0.3) is 0 Å². The van der Waals surface area contributed by atoms with E-state index in [1.54, 1.807) is 18.2 Å². The molecule has 0 bridgehead atoms. The van der Waals surface area contributed by atoms with Crippen molar-refractivity contribution in [3.05, 3.63) is 59.7 Å². The molecule has 7 heteroatoms. The van der Waals surface area contributed by atoms with Crippen LogP contribution in [0.4, 0.5) is 24.5 Å². The van der Waals surface area contributed by atoms with E-state index < -0.39 is 11.7 Å². The van der Waals surface area contributed by atoms with Gasteiger partial charge in [-0.05, 0) is 35.9 Å². The van der Waals surface area contributed by atoms with Gasteiger partial charge in [0.1, 0.15) is 0 Å². The highest BCUT2D eigenvalue weighted by Crippen LogP contribution is 2.31. The first kappa shape index (κ1) is 17.0. The van der Waals surface area contributed by atoms with E-state index in [1.165, 1.54) is 6.07 Å². The molecule has 1 aliphatic heterocycles. The third-order valence-corrected chi connectivity index (χ3v) is 3.92. The number of benzene rings is 2. The zero-order valence-electron chi connectivity index (χ0n) is 13.4. The molecule has 1 unspecified atom stereocenters. The molecule has 0 aliphatic carbocycles. The molecule has 1 amide bonds. The Hall–Kier alpha value is -2.83. The number of hydrogen-bond acceptors (Lipinski definition) is 3. The lowest BCUT2D eigenvalue weighted by Gasteiger charge is -2.19. The lowest BCUT2D eigenvalue weighted by atomic mass is 9.94. The number of nitrogens with zero attached hydrogens (tertiary/aromatic N) is 1. The topological polar surface area (TPSA) is 53.5 Å². The van der Waals surface area contributed by atoms with Crippen LogP contribution in [0.3, 0.4) is 0 Å². The molecule has 25 heavy (non-hydrogen) atoms. The minimum atomic E-state index is -4.37. The van der Waals surface area contributed by atoms with E-state index in [4.69, 9.17) is 0 Å². The summed E-state index contributed by atoms with van der Waals surface area (Å²) in [4.78, 5) is 11.3. The lowest BCUT2D eigenvalue weighted by molar-refractivity contribution is -0.137. The second kappa shape index (κ2) is 6.58. The van der Waals surface area contributed by atoms with E-state index in [1.807, 2.05) is 19.1 Å². The maximum absolute atomic E-state index is 12.8. The Morgan fingerprint density at radius 2 is 1.84 bits per heavy atom. The van der Waals surface area contributed by atoms with Crippen LogP contribution in [-0.4, -0.2) is 11.6 Å². The monoisotopic (exact) mass is 347 g/mol. The van der Waals surface area contributed by atoms with Crippen molar-refractivity contribution in [1.82, 2.24) is 5.43 Å². The van der Waals surface area contributed by atoms with E-state index >= 15 is 0 Å². The summed E-state index contributed by atoms with van der Waals surface area (Å²) < 4.78 is 38.3. The number of nitrogens with one attached hydrogen (secondary N) is 2. The minimum absolute atomic E-state index is 0.0102. The van der Waals surface area contributed by atoms with Crippen molar-refractivity contribution in [3.8, 4) is 0 Å². The molecule has 2 aromatic rings. The molecule has 0 spiro atoms.